The maximum Gasteiger partial charge on any atom is 0.224 e. The average Bonchev–Trinajstić information content (AvgIpc) is 3.09. The maximum atomic E-state index is 13.1. The van der Waals surface area contributed by atoms with Crippen LogP contribution in [0.5, 0.6) is 0 Å². The first-order chi connectivity index (χ1) is 23.9. The second kappa shape index (κ2) is 24.5. The van der Waals surface area contributed by atoms with Crippen LogP contribution in [0.3, 0.4) is 0 Å². The van der Waals surface area contributed by atoms with Crippen LogP contribution in [0, 0.1) is 0 Å². The van der Waals surface area contributed by atoms with Crippen molar-refractivity contribution in [3.63, 3.8) is 0 Å². The fourth-order valence-corrected chi connectivity index (χ4v) is 5.51. The number of nitrogens with zero attached hydrogens (tertiary/aromatic N) is 1. The van der Waals surface area contributed by atoms with Gasteiger partial charge >= 0.3 is 0 Å². The molecule has 1 heterocycles. The van der Waals surface area contributed by atoms with Gasteiger partial charge in [0.2, 0.25) is 5.91 Å². The molecule has 0 saturated heterocycles. The van der Waals surface area contributed by atoms with Gasteiger partial charge in [-0.3, -0.25) is 9.59 Å². The van der Waals surface area contributed by atoms with E-state index in [1.165, 1.54) is 0 Å². The minimum Gasteiger partial charge on any atom is -0.379 e. The van der Waals surface area contributed by atoms with E-state index in [0.29, 0.717) is 129 Å². The normalized spacial score (nSPS) is 15.7. The van der Waals surface area contributed by atoms with E-state index in [1.807, 2.05) is 54.3 Å². The summed E-state index contributed by atoms with van der Waals surface area (Å²) >= 11 is 6.07. The Balaban J connectivity index is 1.21. The van der Waals surface area contributed by atoms with Crippen molar-refractivity contribution in [1.82, 2.24) is 0 Å². The number of hydrogen-bond donors (Lipinski definition) is 2. The van der Waals surface area contributed by atoms with Crippen LogP contribution in [0.15, 0.2) is 42.5 Å². The third-order valence-corrected chi connectivity index (χ3v) is 7.97. The van der Waals surface area contributed by atoms with Crippen molar-refractivity contribution in [2.45, 2.75) is 45.2 Å². The molecule has 49 heavy (non-hydrogen) atoms. The monoisotopic (exact) mass is 707 g/mol. The average molecular weight is 708 g/mol. The number of anilines is 2. The summed E-state index contributed by atoms with van der Waals surface area (Å²) < 4.78 is 38.2. The zero-order valence-corrected chi connectivity index (χ0v) is 29.8. The number of carbonyl (C=O) groups excluding carboxylic acids is 2. The molecule has 12 nitrogen and oxygen atoms in total. The lowest BCUT2D eigenvalue weighted by Gasteiger charge is -2.39. The Morgan fingerprint density at radius 2 is 1.24 bits per heavy atom. The number of nitrogens with two attached hydrogens (primary N) is 1. The topological polar surface area (TPSA) is 140 Å². The highest BCUT2D eigenvalue weighted by molar-refractivity contribution is 6.30. The molecule has 274 valence electrons. The first-order valence-corrected chi connectivity index (χ1v) is 17.5. The molecule has 2 aromatic rings. The number of ketones is 1. The number of halogens is 1. The van der Waals surface area contributed by atoms with E-state index in [9.17, 15) is 9.59 Å². The zero-order valence-electron chi connectivity index (χ0n) is 29.0. The predicted octanol–water partition coefficient (Wildman–Crippen LogP) is 4.68. The number of hydrogen-bond acceptors (Lipinski definition) is 11. The summed E-state index contributed by atoms with van der Waals surface area (Å²) in [6.45, 7) is 11.1. The van der Waals surface area contributed by atoms with E-state index >= 15 is 0 Å². The molecule has 0 radical (unpaired) electrons. The van der Waals surface area contributed by atoms with Crippen LogP contribution < -0.4 is 16.0 Å². The van der Waals surface area contributed by atoms with E-state index in [-0.39, 0.29) is 23.8 Å². The molecule has 1 aliphatic rings. The van der Waals surface area contributed by atoms with Crippen molar-refractivity contribution >= 4 is 34.7 Å². The van der Waals surface area contributed by atoms with Crippen LogP contribution >= 0.6 is 11.6 Å². The van der Waals surface area contributed by atoms with Crippen LogP contribution in [0.25, 0.3) is 0 Å². The second-order valence-corrected chi connectivity index (χ2v) is 12.0. The van der Waals surface area contributed by atoms with Crippen molar-refractivity contribution in [2.24, 2.45) is 5.73 Å². The highest BCUT2D eigenvalue weighted by atomic mass is 35.5. The predicted molar refractivity (Wildman–Crippen MR) is 190 cm³/mol. The van der Waals surface area contributed by atoms with Gasteiger partial charge in [0, 0.05) is 54.5 Å². The van der Waals surface area contributed by atoms with Gasteiger partial charge in [-0.15, -0.1) is 0 Å². The molecule has 1 amide bonds. The molecule has 13 heteroatoms. The molecule has 0 saturated carbocycles. The zero-order chi connectivity index (χ0) is 35.1. The Kier molecular flexibility index (Phi) is 20.4. The van der Waals surface area contributed by atoms with Gasteiger partial charge in [-0.05, 0) is 67.8 Å². The first-order valence-electron chi connectivity index (χ1n) is 17.1. The van der Waals surface area contributed by atoms with Crippen molar-refractivity contribution in [3.05, 3.63) is 58.6 Å². The molecular weight excluding hydrogens is 654 g/mol. The number of Topliss-reactive ketones (excluding diaryl/α,β-unsaturated/α-hetero) is 1. The van der Waals surface area contributed by atoms with Gasteiger partial charge in [-0.25, -0.2) is 0 Å². The summed E-state index contributed by atoms with van der Waals surface area (Å²) in [5.41, 5.74) is 8.66. The molecule has 3 rings (SSSR count). The Hall–Kier alpha value is -2.65. The van der Waals surface area contributed by atoms with Crippen molar-refractivity contribution in [3.8, 4) is 0 Å². The molecule has 0 aliphatic carbocycles. The van der Waals surface area contributed by atoms with Crippen LogP contribution in [-0.4, -0.2) is 117 Å². The third-order valence-electron chi connectivity index (χ3n) is 7.71. The SMILES string of the molecule is CC(=O)N1c2ccc(C(=O)CCCOCCOCCOCCOCCOCCOCCOCCN)cc2[C@H](Nc2ccc(Cl)cc2)C[C@@H]1C. The summed E-state index contributed by atoms with van der Waals surface area (Å²) in [5.74, 6) is 0.0226. The highest BCUT2D eigenvalue weighted by Gasteiger charge is 2.33. The third kappa shape index (κ3) is 15.8. The van der Waals surface area contributed by atoms with Gasteiger partial charge in [0.25, 0.3) is 0 Å². The molecule has 0 aromatic heterocycles. The summed E-state index contributed by atoms with van der Waals surface area (Å²) in [5, 5.41) is 4.23. The lowest BCUT2D eigenvalue weighted by molar-refractivity contribution is -0.117. The Morgan fingerprint density at radius 3 is 1.73 bits per heavy atom. The lowest BCUT2D eigenvalue weighted by Crippen LogP contribution is -2.43. The molecular formula is C36H54ClN3O9. The van der Waals surface area contributed by atoms with E-state index in [4.69, 9.17) is 50.5 Å². The fourth-order valence-electron chi connectivity index (χ4n) is 5.39. The minimum atomic E-state index is -0.0585. The summed E-state index contributed by atoms with van der Waals surface area (Å²) in [6.07, 6.45) is 1.68. The Bertz CT molecular complexity index is 1220. The molecule has 0 spiro atoms. The molecule has 0 fully saturated rings. The lowest BCUT2D eigenvalue weighted by atomic mass is 9.89. The first kappa shape index (κ1) is 40.8. The van der Waals surface area contributed by atoms with Crippen molar-refractivity contribution in [2.75, 3.05) is 109 Å². The van der Waals surface area contributed by atoms with Gasteiger partial charge in [0.1, 0.15) is 0 Å². The fraction of sp³-hybridized carbons (Fsp3) is 0.611. The molecule has 2 atom stereocenters. The standard InChI is InChI=1S/C36H54ClN3O9/c1-28-26-34(39-32-8-6-31(37)7-9-32)33-27-30(5-10-35(33)40(28)29(2)41)36(42)4-3-12-43-14-16-45-18-20-47-22-24-49-25-23-48-21-19-46-17-15-44-13-11-38/h5-10,27-28,34,39H,3-4,11-26,38H2,1-2H3/t28-,34+/m0/s1. The van der Waals surface area contributed by atoms with Crippen LogP contribution in [0.1, 0.15) is 55.1 Å². The molecule has 0 bridgehead atoms. The summed E-state index contributed by atoms with van der Waals surface area (Å²) in [6, 6.07) is 13.1. The maximum absolute atomic E-state index is 13.1. The minimum absolute atomic E-state index is 0.0107. The molecule has 2 aromatic carbocycles. The summed E-state index contributed by atoms with van der Waals surface area (Å²) in [4.78, 5) is 27.4. The van der Waals surface area contributed by atoms with Gasteiger partial charge < -0.3 is 49.1 Å². The van der Waals surface area contributed by atoms with Crippen molar-refractivity contribution < 1.29 is 42.7 Å². The number of carbonyl (C=O) groups is 2. The molecule has 3 N–H and O–H groups in total. The van der Waals surface area contributed by atoms with E-state index in [2.05, 4.69) is 5.32 Å². The quantitative estimate of drug-likeness (QED) is 0.0989. The van der Waals surface area contributed by atoms with E-state index < -0.39 is 0 Å². The van der Waals surface area contributed by atoms with Gasteiger partial charge in [0.15, 0.2) is 5.78 Å². The van der Waals surface area contributed by atoms with Crippen LogP contribution in [-0.2, 0) is 38.0 Å². The smallest absolute Gasteiger partial charge is 0.224 e. The van der Waals surface area contributed by atoms with E-state index in [1.54, 1.807) is 6.92 Å². The highest BCUT2D eigenvalue weighted by Crippen LogP contribution is 2.40. The number of fused-ring (bicyclic) bond motifs is 1. The van der Waals surface area contributed by atoms with Gasteiger partial charge in [0.05, 0.1) is 91.9 Å². The number of benzene rings is 2. The molecule has 0 unspecified atom stereocenters. The van der Waals surface area contributed by atoms with E-state index in [0.717, 1.165) is 16.9 Å². The van der Waals surface area contributed by atoms with Crippen molar-refractivity contribution in [1.29, 1.82) is 0 Å². The number of amides is 1. The van der Waals surface area contributed by atoms with Crippen LogP contribution in [0.4, 0.5) is 11.4 Å². The Labute approximate surface area is 295 Å². The van der Waals surface area contributed by atoms with Gasteiger partial charge in [-0.1, -0.05) is 11.6 Å². The summed E-state index contributed by atoms with van der Waals surface area (Å²) in [7, 11) is 0. The largest absolute Gasteiger partial charge is 0.379 e. The Morgan fingerprint density at radius 1 is 0.755 bits per heavy atom. The van der Waals surface area contributed by atoms with Crippen LogP contribution in [0.2, 0.25) is 5.02 Å². The number of rotatable bonds is 27. The molecule has 1 aliphatic heterocycles. The van der Waals surface area contributed by atoms with Gasteiger partial charge in [-0.2, -0.15) is 0 Å². The number of ether oxygens (including phenoxy) is 7. The number of nitrogens with one attached hydrogen (secondary N) is 1. The second-order valence-electron chi connectivity index (χ2n) is 11.6.